The number of benzene rings is 1. The van der Waals surface area contributed by atoms with Gasteiger partial charge in [0.25, 0.3) is 0 Å². The van der Waals surface area contributed by atoms with Crippen LogP contribution in [0.3, 0.4) is 0 Å². The van der Waals surface area contributed by atoms with Crippen molar-refractivity contribution in [2.45, 2.75) is 42.5 Å². The van der Waals surface area contributed by atoms with Crippen molar-refractivity contribution in [3.8, 4) is 11.5 Å². The van der Waals surface area contributed by atoms with Crippen LogP contribution in [0.15, 0.2) is 29.4 Å². The highest BCUT2D eigenvalue weighted by molar-refractivity contribution is 8.00. The van der Waals surface area contributed by atoms with E-state index in [0.29, 0.717) is 63.1 Å². The SMILES string of the molecule is COc1cc2c(cc1OC)CN(C(=O)C1(NC(=O)CSc3ncc(C(F)(F)F)cc3Cl)CCNCC1)CC2. The molecule has 1 fully saturated rings. The zero-order valence-corrected chi connectivity index (χ0v) is 22.5. The number of thioether (sulfide) groups is 1. The number of nitrogens with zero attached hydrogens (tertiary/aromatic N) is 2. The number of ether oxygens (including phenoxy) is 2. The van der Waals surface area contributed by atoms with Gasteiger partial charge in [0.15, 0.2) is 11.5 Å². The molecule has 3 heterocycles. The minimum absolute atomic E-state index is 0.109. The van der Waals surface area contributed by atoms with E-state index in [1.54, 1.807) is 19.1 Å². The quantitative estimate of drug-likeness (QED) is 0.489. The third kappa shape index (κ3) is 6.13. The van der Waals surface area contributed by atoms with Gasteiger partial charge in [-0.3, -0.25) is 9.59 Å². The number of nitrogens with one attached hydrogen (secondary N) is 2. The topological polar surface area (TPSA) is 92.8 Å². The molecule has 0 unspecified atom stereocenters. The Balaban J connectivity index is 1.46. The van der Waals surface area contributed by atoms with E-state index in [4.69, 9.17) is 21.1 Å². The van der Waals surface area contributed by atoms with Crippen LogP contribution in [-0.2, 0) is 28.7 Å². The van der Waals surface area contributed by atoms with E-state index >= 15 is 0 Å². The number of alkyl halides is 3. The first-order chi connectivity index (χ1) is 18.1. The van der Waals surface area contributed by atoms with Crippen LogP contribution in [0.5, 0.6) is 11.5 Å². The maximum atomic E-state index is 13.8. The minimum atomic E-state index is -4.56. The number of amides is 2. The molecule has 2 N–H and O–H groups in total. The Labute approximate surface area is 227 Å². The van der Waals surface area contributed by atoms with Crippen molar-refractivity contribution in [2.24, 2.45) is 0 Å². The van der Waals surface area contributed by atoms with E-state index in [1.165, 1.54) is 0 Å². The molecular formula is C25H28ClF3N4O4S. The number of pyridine rings is 1. The van der Waals surface area contributed by atoms with Crippen molar-refractivity contribution in [2.75, 3.05) is 39.6 Å². The number of hydrogen-bond donors (Lipinski definition) is 2. The van der Waals surface area contributed by atoms with Gasteiger partial charge in [-0.25, -0.2) is 4.98 Å². The average molecular weight is 573 g/mol. The van der Waals surface area contributed by atoms with Gasteiger partial charge in [-0.2, -0.15) is 13.2 Å². The Morgan fingerprint density at radius 2 is 1.82 bits per heavy atom. The largest absolute Gasteiger partial charge is 0.493 e. The van der Waals surface area contributed by atoms with E-state index in [0.717, 1.165) is 29.0 Å². The fraction of sp³-hybridized carbons (Fsp3) is 0.480. The first-order valence-electron chi connectivity index (χ1n) is 12.0. The summed E-state index contributed by atoms with van der Waals surface area (Å²) >= 11 is 6.89. The summed E-state index contributed by atoms with van der Waals surface area (Å²) in [5.74, 6) is 0.474. The molecule has 1 aromatic carbocycles. The van der Waals surface area contributed by atoms with E-state index < -0.39 is 23.2 Å². The fourth-order valence-electron chi connectivity index (χ4n) is 4.73. The summed E-state index contributed by atoms with van der Waals surface area (Å²) in [7, 11) is 3.13. The molecule has 206 valence electrons. The van der Waals surface area contributed by atoms with E-state index in [9.17, 15) is 22.8 Å². The highest BCUT2D eigenvalue weighted by atomic mass is 35.5. The van der Waals surface area contributed by atoms with Gasteiger partial charge in [0.05, 0.1) is 30.6 Å². The van der Waals surface area contributed by atoms with Crippen LogP contribution >= 0.6 is 23.4 Å². The molecule has 13 heteroatoms. The van der Waals surface area contributed by atoms with Gasteiger partial charge in [0, 0.05) is 19.3 Å². The third-order valence-electron chi connectivity index (χ3n) is 6.73. The van der Waals surface area contributed by atoms with Crippen LogP contribution in [0.1, 0.15) is 29.5 Å². The molecule has 2 amide bonds. The second-order valence-corrected chi connectivity index (χ2v) is 10.5. The number of piperidine rings is 1. The highest BCUT2D eigenvalue weighted by Crippen LogP contribution is 2.35. The molecule has 0 atom stereocenters. The Hall–Kier alpha value is -2.70. The first kappa shape index (κ1) is 28.3. The predicted molar refractivity (Wildman–Crippen MR) is 137 cm³/mol. The third-order valence-corrected chi connectivity index (χ3v) is 8.13. The molecule has 38 heavy (non-hydrogen) atoms. The summed E-state index contributed by atoms with van der Waals surface area (Å²) in [6.07, 6.45) is -2.42. The summed E-state index contributed by atoms with van der Waals surface area (Å²) < 4.78 is 49.4. The predicted octanol–water partition coefficient (Wildman–Crippen LogP) is 3.69. The monoisotopic (exact) mass is 572 g/mol. The Morgan fingerprint density at radius 1 is 1.16 bits per heavy atom. The van der Waals surface area contributed by atoms with Crippen LogP contribution in [-0.4, -0.2) is 66.8 Å². The Kier molecular flexibility index (Phi) is 8.63. The van der Waals surface area contributed by atoms with Gasteiger partial charge in [0.2, 0.25) is 11.8 Å². The molecule has 0 spiro atoms. The molecule has 0 bridgehead atoms. The molecule has 1 saturated heterocycles. The van der Waals surface area contributed by atoms with Crippen LogP contribution in [0, 0.1) is 0 Å². The molecule has 2 aliphatic rings. The molecule has 2 aliphatic heterocycles. The number of methoxy groups -OCH3 is 2. The highest BCUT2D eigenvalue weighted by Gasteiger charge is 2.44. The number of fused-ring (bicyclic) bond motifs is 1. The van der Waals surface area contributed by atoms with Crippen molar-refractivity contribution in [1.29, 1.82) is 0 Å². The van der Waals surface area contributed by atoms with Gasteiger partial charge >= 0.3 is 6.18 Å². The van der Waals surface area contributed by atoms with Crippen LogP contribution in [0.25, 0.3) is 0 Å². The second-order valence-electron chi connectivity index (χ2n) is 9.13. The minimum Gasteiger partial charge on any atom is -0.493 e. The van der Waals surface area contributed by atoms with Crippen molar-refractivity contribution in [3.63, 3.8) is 0 Å². The van der Waals surface area contributed by atoms with Crippen LogP contribution in [0.4, 0.5) is 13.2 Å². The van der Waals surface area contributed by atoms with Crippen molar-refractivity contribution < 1.29 is 32.2 Å². The van der Waals surface area contributed by atoms with E-state index in [2.05, 4.69) is 15.6 Å². The van der Waals surface area contributed by atoms with Crippen LogP contribution in [0.2, 0.25) is 5.02 Å². The van der Waals surface area contributed by atoms with Crippen molar-refractivity contribution in [3.05, 3.63) is 46.1 Å². The number of carbonyl (C=O) groups excluding carboxylic acids is 2. The summed E-state index contributed by atoms with van der Waals surface area (Å²) in [6.45, 7) is 1.98. The summed E-state index contributed by atoms with van der Waals surface area (Å²) in [6, 6.07) is 4.58. The lowest BCUT2D eigenvalue weighted by Crippen LogP contribution is -2.64. The maximum Gasteiger partial charge on any atom is 0.417 e. The van der Waals surface area contributed by atoms with Gasteiger partial charge in [-0.15, -0.1) is 0 Å². The van der Waals surface area contributed by atoms with Gasteiger partial charge < -0.3 is 25.0 Å². The van der Waals surface area contributed by atoms with Gasteiger partial charge in [0.1, 0.15) is 10.6 Å². The standard InChI is InChI=1S/C25H28ClF3N4O4S/c1-36-19-9-15-3-8-33(13-16(15)10-20(19)37-2)23(35)24(4-6-30-7-5-24)32-21(34)14-38-22-18(26)11-17(12-31-22)25(27,28)29/h9-12,30H,3-8,13-14H2,1-2H3,(H,32,34). The zero-order valence-electron chi connectivity index (χ0n) is 20.9. The maximum absolute atomic E-state index is 13.8. The van der Waals surface area contributed by atoms with Gasteiger partial charge in [-0.1, -0.05) is 23.4 Å². The molecule has 0 radical (unpaired) electrons. The van der Waals surface area contributed by atoms with E-state index in [-0.39, 0.29) is 21.7 Å². The number of halogens is 4. The van der Waals surface area contributed by atoms with Crippen molar-refractivity contribution in [1.82, 2.24) is 20.5 Å². The molecule has 1 aromatic heterocycles. The van der Waals surface area contributed by atoms with Crippen LogP contribution < -0.4 is 20.1 Å². The molecular weight excluding hydrogens is 545 g/mol. The molecule has 8 nitrogen and oxygen atoms in total. The van der Waals surface area contributed by atoms with E-state index in [1.807, 2.05) is 12.1 Å². The molecule has 4 rings (SSSR count). The lowest BCUT2D eigenvalue weighted by molar-refractivity contribution is -0.143. The number of carbonyl (C=O) groups is 2. The lowest BCUT2D eigenvalue weighted by Gasteiger charge is -2.42. The summed E-state index contributed by atoms with van der Waals surface area (Å²) in [4.78, 5) is 32.3. The smallest absolute Gasteiger partial charge is 0.417 e. The normalized spacial score (nSPS) is 16.9. The molecule has 0 saturated carbocycles. The number of hydrogen-bond acceptors (Lipinski definition) is 7. The zero-order chi connectivity index (χ0) is 27.5. The summed E-state index contributed by atoms with van der Waals surface area (Å²) in [5.41, 5.74) is -0.0210. The Bertz CT molecular complexity index is 1210. The molecule has 2 aromatic rings. The number of rotatable bonds is 7. The molecule has 0 aliphatic carbocycles. The first-order valence-corrected chi connectivity index (χ1v) is 13.3. The lowest BCUT2D eigenvalue weighted by atomic mass is 9.85. The van der Waals surface area contributed by atoms with Crippen molar-refractivity contribution >= 4 is 35.2 Å². The second kappa shape index (κ2) is 11.6. The summed E-state index contributed by atoms with van der Waals surface area (Å²) in [5, 5.41) is 6.07. The van der Waals surface area contributed by atoms with Gasteiger partial charge in [-0.05, 0) is 61.7 Å². The number of aromatic nitrogens is 1. The Morgan fingerprint density at radius 3 is 2.42 bits per heavy atom. The fourth-order valence-corrected chi connectivity index (χ4v) is 5.72. The average Bonchev–Trinajstić information content (AvgIpc) is 2.90.